The minimum Gasteiger partial charge on any atom is -0.228 e. The van der Waals surface area contributed by atoms with E-state index in [1.54, 1.807) is 12.1 Å². The van der Waals surface area contributed by atoms with Crippen molar-refractivity contribution in [2.75, 3.05) is 0 Å². The number of halogens is 5. The second-order valence-electron chi connectivity index (χ2n) is 4.99. The van der Waals surface area contributed by atoms with Crippen LogP contribution in [0.2, 0.25) is 20.1 Å². The number of nitrogens with two attached hydrogens (primary N) is 1. The molecule has 0 spiro atoms. The standard InChI is InChI=1S/C7H5Cl3O2S.C7H7Cl2NO2S/c2*8-6-2-1-5(3-7(6)9)4-13(10,11)12/h1-3H,4H2;1-3H,4H2,(H2,10,11,12). The lowest BCUT2D eigenvalue weighted by Gasteiger charge is -2.00. The Morgan fingerprint density at radius 2 is 1.08 bits per heavy atom. The predicted octanol–water partition coefficient (Wildman–Crippen LogP) is 4.84. The van der Waals surface area contributed by atoms with E-state index in [1.807, 2.05) is 0 Å². The van der Waals surface area contributed by atoms with Gasteiger partial charge in [0.15, 0.2) is 0 Å². The second kappa shape index (κ2) is 9.80. The molecule has 0 saturated heterocycles. The SMILES string of the molecule is NS(=O)(=O)Cc1ccc(Cl)c(Cl)c1.O=S(=O)(Cl)Cc1ccc(Cl)c(Cl)c1. The molecule has 144 valence electrons. The van der Waals surface area contributed by atoms with Gasteiger partial charge in [0.25, 0.3) is 0 Å². The zero-order valence-corrected chi connectivity index (χ0v) is 18.2. The third-order valence-electron chi connectivity index (χ3n) is 2.67. The van der Waals surface area contributed by atoms with E-state index in [4.69, 9.17) is 62.2 Å². The molecule has 0 amide bonds. The van der Waals surface area contributed by atoms with Crippen LogP contribution in [0.4, 0.5) is 0 Å². The van der Waals surface area contributed by atoms with Gasteiger partial charge in [-0.05, 0) is 35.4 Å². The van der Waals surface area contributed by atoms with Gasteiger partial charge in [-0.25, -0.2) is 22.0 Å². The molecule has 0 heterocycles. The first-order chi connectivity index (χ1) is 11.8. The van der Waals surface area contributed by atoms with E-state index >= 15 is 0 Å². The highest BCUT2D eigenvalue weighted by Gasteiger charge is 2.08. The lowest BCUT2D eigenvalue weighted by atomic mass is 10.2. The third-order valence-corrected chi connectivity index (χ3v) is 5.89. The van der Waals surface area contributed by atoms with Crippen LogP contribution in [0.5, 0.6) is 0 Å². The highest BCUT2D eigenvalue weighted by molar-refractivity contribution is 8.13. The summed E-state index contributed by atoms with van der Waals surface area (Å²) in [4.78, 5) is 0. The number of hydrogen-bond acceptors (Lipinski definition) is 4. The average molecular weight is 500 g/mol. The molecule has 5 nitrogen and oxygen atoms in total. The molecule has 2 N–H and O–H groups in total. The van der Waals surface area contributed by atoms with Gasteiger partial charge in [-0.1, -0.05) is 58.5 Å². The maximum absolute atomic E-state index is 10.7. The van der Waals surface area contributed by atoms with E-state index < -0.39 is 19.1 Å². The quantitative estimate of drug-likeness (QED) is 0.609. The van der Waals surface area contributed by atoms with Gasteiger partial charge in [-0.15, -0.1) is 0 Å². The Morgan fingerprint density at radius 3 is 1.38 bits per heavy atom. The van der Waals surface area contributed by atoms with Crippen LogP contribution < -0.4 is 5.14 Å². The van der Waals surface area contributed by atoms with Gasteiger partial charge in [0.05, 0.1) is 31.6 Å². The van der Waals surface area contributed by atoms with Crippen LogP contribution in [0.15, 0.2) is 36.4 Å². The largest absolute Gasteiger partial charge is 0.236 e. The molecule has 2 aromatic rings. The molecule has 0 aliphatic carbocycles. The van der Waals surface area contributed by atoms with Crippen LogP contribution in [0, 0.1) is 0 Å². The lowest BCUT2D eigenvalue weighted by Crippen LogP contribution is -2.14. The molecule has 0 saturated carbocycles. The number of rotatable bonds is 4. The average Bonchev–Trinajstić information content (AvgIpc) is 2.44. The van der Waals surface area contributed by atoms with Crippen molar-refractivity contribution in [1.29, 1.82) is 0 Å². The van der Waals surface area contributed by atoms with Gasteiger partial charge in [0.2, 0.25) is 19.1 Å². The highest BCUT2D eigenvalue weighted by atomic mass is 35.7. The minimum atomic E-state index is -3.54. The monoisotopic (exact) mass is 497 g/mol. The molecule has 0 aromatic heterocycles. The summed E-state index contributed by atoms with van der Waals surface area (Å²) in [6.07, 6.45) is 0. The van der Waals surface area contributed by atoms with Crippen LogP contribution >= 0.6 is 57.1 Å². The van der Waals surface area contributed by atoms with Crippen LogP contribution in [-0.2, 0) is 30.6 Å². The second-order valence-corrected chi connectivity index (χ2v) is 11.0. The van der Waals surface area contributed by atoms with Crippen molar-refractivity contribution in [2.24, 2.45) is 5.14 Å². The third kappa shape index (κ3) is 9.62. The fourth-order valence-corrected chi connectivity index (χ4v) is 3.93. The minimum absolute atomic E-state index is 0.232. The van der Waals surface area contributed by atoms with Crippen LogP contribution in [0.3, 0.4) is 0 Å². The number of sulfonamides is 1. The van der Waals surface area contributed by atoms with E-state index in [1.165, 1.54) is 24.3 Å². The summed E-state index contributed by atoms with van der Waals surface area (Å²) in [5, 5.41) is 6.27. The van der Waals surface area contributed by atoms with Crippen LogP contribution in [0.1, 0.15) is 11.1 Å². The summed E-state index contributed by atoms with van der Waals surface area (Å²) in [5.41, 5.74) is 1.04. The van der Waals surface area contributed by atoms with Crippen molar-refractivity contribution in [3.8, 4) is 0 Å². The maximum atomic E-state index is 10.7. The molecule has 0 aliphatic rings. The zero-order valence-electron chi connectivity index (χ0n) is 12.8. The van der Waals surface area contributed by atoms with Gasteiger partial charge in [-0.3, -0.25) is 0 Å². The Labute approximate surface area is 176 Å². The molecular weight excluding hydrogens is 488 g/mol. The summed E-state index contributed by atoms with van der Waals surface area (Å²) < 4.78 is 42.8. The van der Waals surface area contributed by atoms with Crippen molar-refractivity contribution >= 4 is 76.2 Å². The van der Waals surface area contributed by atoms with Crippen molar-refractivity contribution in [3.05, 3.63) is 67.6 Å². The van der Waals surface area contributed by atoms with Crippen molar-refractivity contribution in [3.63, 3.8) is 0 Å². The highest BCUT2D eigenvalue weighted by Crippen LogP contribution is 2.24. The Morgan fingerprint density at radius 1 is 0.692 bits per heavy atom. The lowest BCUT2D eigenvalue weighted by molar-refractivity contribution is 0.596. The van der Waals surface area contributed by atoms with Gasteiger partial charge in [0.1, 0.15) is 0 Å². The Balaban J connectivity index is 0.000000260. The topological polar surface area (TPSA) is 94.3 Å². The number of primary sulfonamides is 1. The zero-order chi connectivity index (χ0) is 20.1. The van der Waals surface area contributed by atoms with E-state index in [0.29, 0.717) is 31.2 Å². The summed E-state index contributed by atoms with van der Waals surface area (Å²) in [7, 11) is -1.99. The first-order valence-electron chi connectivity index (χ1n) is 6.57. The summed E-state index contributed by atoms with van der Waals surface area (Å²) in [5.74, 6) is -0.477. The van der Waals surface area contributed by atoms with Gasteiger partial charge < -0.3 is 0 Å². The van der Waals surface area contributed by atoms with Crippen LogP contribution in [-0.4, -0.2) is 16.8 Å². The molecule has 26 heavy (non-hydrogen) atoms. The summed E-state index contributed by atoms with van der Waals surface area (Å²) in [6, 6.07) is 9.15. The molecule has 0 fully saturated rings. The molecule has 0 bridgehead atoms. The van der Waals surface area contributed by atoms with Gasteiger partial charge in [0, 0.05) is 10.7 Å². The van der Waals surface area contributed by atoms with Gasteiger partial charge in [-0.2, -0.15) is 0 Å². The fourth-order valence-electron chi connectivity index (χ4n) is 1.69. The van der Waals surface area contributed by atoms with E-state index in [2.05, 4.69) is 0 Å². The first-order valence-corrected chi connectivity index (χ1v) is 12.3. The van der Waals surface area contributed by atoms with Gasteiger partial charge >= 0.3 is 0 Å². The molecule has 2 aromatic carbocycles. The molecule has 0 atom stereocenters. The Hall–Kier alpha value is -0.250. The molecular formula is C14H12Cl5NO4S2. The molecule has 0 radical (unpaired) electrons. The normalized spacial score (nSPS) is 11.6. The fraction of sp³-hybridized carbons (Fsp3) is 0.143. The molecule has 0 unspecified atom stereocenters. The van der Waals surface area contributed by atoms with E-state index in [-0.39, 0.29) is 11.5 Å². The number of hydrogen-bond donors (Lipinski definition) is 1. The predicted molar refractivity (Wildman–Crippen MR) is 108 cm³/mol. The molecule has 0 aliphatic heterocycles. The summed E-state index contributed by atoms with van der Waals surface area (Å²) in [6.45, 7) is 0. The van der Waals surface area contributed by atoms with Crippen molar-refractivity contribution in [2.45, 2.75) is 11.5 Å². The maximum Gasteiger partial charge on any atom is 0.236 e. The Bertz CT molecular complexity index is 913. The Kier molecular flexibility index (Phi) is 8.96. The summed E-state index contributed by atoms with van der Waals surface area (Å²) >= 11 is 22.6. The number of benzene rings is 2. The van der Waals surface area contributed by atoms with E-state index in [0.717, 1.165) is 0 Å². The van der Waals surface area contributed by atoms with Crippen molar-refractivity contribution in [1.82, 2.24) is 0 Å². The smallest absolute Gasteiger partial charge is 0.228 e. The van der Waals surface area contributed by atoms with Crippen LogP contribution in [0.25, 0.3) is 0 Å². The molecule has 2 rings (SSSR count). The first kappa shape index (κ1) is 23.8. The van der Waals surface area contributed by atoms with Crippen molar-refractivity contribution < 1.29 is 16.8 Å². The van der Waals surface area contributed by atoms with E-state index in [9.17, 15) is 16.8 Å². The molecule has 12 heteroatoms.